The molecule has 0 aliphatic heterocycles. The molecule has 0 bridgehead atoms. The smallest absolute Gasteiger partial charge is 0.0833 e. The SMILES string of the molecule is CCOC(C)(C)C(NN)c1ccc2nc(C)ccc2c1. The van der Waals surface area contributed by atoms with Gasteiger partial charge in [-0.2, -0.15) is 0 Å². The minimum atomic E-state index is -0.380. The van der Waals surface area contributed by atoms with Gasteiger partial charge in [-0.15, -0.1) is 0 Å². The van der Waals surface area contributed by atoms with Gasteiger partial charge in [-0.3, -0.25) is 16.3 Å². The number of aromatic nitrogens is 1. The van der Waals surface area contributed by atoms with Crippen LogP contribution in [0.1, 0.15) is 38.1 Å². The highest BCUT2D eigenvalue weighted by Crippen LogP contribution is 2.30. The number of nitrogens with two attached hydrogens (primary N) is 1. The first-order chi connectivity index (χ1) is 9.47. The largest absolute Gasteiger partial charge is 0.374 e. The van der Waals surface area contributed by atoms with Crippen LogP contribution in [0.2, 0.25) is 0 Å². The minimum Gasteiger partial charge on any atom is -0.374 e. The van der Waals surface area contributed by atoms with E-state index in [0.29, 0.717) is 6.61 Å². The molecule has 0 aliphatic carbocycles. The highest BCUT2D eigenvalue weighted by Gasteiger charge is 2.30. The summed E-state index contributed by atoms with van der Waals surface area (Å²) in [5.41, 5.74) is 5.62. The molecule has 1 aromatic heterocycles. The molecule has 2 aromatic rings. The van der Waals surface area contributed by atoms with Crippen molar-refractivity contribution >= 4 is 10.9 Å². The first-order valence-electron chi connectivity index (χ1n) is 6.95. The van der Waals surface area contributed by atoms with Gasteiger partial charge in [0.25, 0.3) is 0 Å². The number of hydrogen-bond donors (Lipinski definition) is 2. The van der Waals surface area contributed by atoms with E-state index in [1.165, 1.54) is 0 Å². The normalized spacial score (nSPS) is 13.7. The molecule has 0 fully saturated rings. The second-order valence-corrected chi connectivity index (χ2v) is 5.54. The fourth-order valence-corrected chi connectivity index (χ4v) is 2.58. The average molecular weight is 273 g/mol. The molecular formula is C16H23N3O. The molecule has 0 saturated carbocycles. The van der Waals surface area contributed by atoms with E-state index in [1.807, 2.05) is 39.8 Å². The summed E-state index contributed by atoms with van der Waals surface area (Å²) in [7, 11) is 0. The van der Waals surface area contributed by atoms with E-state index in [4.69, 9.17) is 10.6 Å². The number of fused-ring (bicyclic) bond motifs is 1. The maximum Gasteiger partial charge on any atom is 0.0833 e. The molecular weight excluding hydrogens is 250 g/mol. The Morgan fingerprint density at radius 1 is 1.30 bits per heavy atom. The lowest BCUT2D eigenvalue weighted by Gasteiger charge is -2.34. The number of pyridine rings is 1. The average Bonchev–Trinajstić information content (AvgIpc) is 2.39. The fourth-order valence-electron chi connectivity index (χ4n) is 2.58. The van der Waals surface area contributed by atoms with Crippen LogP contribution in [-0.4, -0.2) is 17.2 Å². The van der Waals surface area contributed by atoms with E-state index in [9.17, 15) is 0 Å². The van der Waals surface area contributed by atoms with E-state index in [-0.39, 0.29) is 11.6 Å². The third-order valence-corrected chi connectivity index (χ3v) is 3.56. The first-order valence-corrected chi connectivity index (χ1v) is 6.95. The Morgan fingerprint density at radius 2 is 2.05 bits per heavy atom. The van der Waals surface area contributed by atoms with Crippen molar-refractivity contribution in [2.75, 3.05) is 6.61 Å². The van der Waals surface area contributed by atoms with Crippen LogP contribution in [0.4, 0.5) is 0 Å². The lowest BCUT2D eigenvalue weighted by atomic mass is 9.91. The molecule has 0 saturated heterocycles. The van der Waals surface area contributed by atoms with Gasteiger partial charge in [0.15, 0.2) is 0 Å². The molecule has 1 aromatic carbocycles. The van der Waals surface area contributed by atoms with Gasteiger partial charge >= 0.3 is 0 Å². The predicted octanol–water partition coefficient (Wildman–Crippen LogP) is 2.86. The number of benzene rings is 1. The number of aryl methyl sites for hydroxylation is 1. The Bertz CT molecular complexity index is 595. The lowest BCUT2D eigenvalue weighted by molar-refractivity contribution is -0.0392. The highest BCUT2D eigenvalue weighted by atomic mass is 16.5. The molecule has 0 aliphatic rings. The lowest BCUT2D eigenvalue weighted by Crippen LogP contribution is -2.44. The van der Waals surface area contributed by atoms with Gasteiger partial charge in [0.2, 0.25) is 0 Å². The molecule has 1 heterocycles. The Morgan fingerprint density at radius 3 is 2.70 bits per heavy atom. The topological polar surface area (TPSA) is 60.2 Å². The van der Waals surface area contributed by atoms with Crippen molar-refractivity contribution < 1.29 is 4.74 Å². The number of rotatable bonds is 5. The van der Waals surface area contributed by atoms with Crippen molar-refractivity contribution in [2.45, 2.75) is 39.3 Å². The van der Waals surface area contributed by atoms with Crippen LogP contribution >= 0.6 is 0 Å². The second kappa shape index (κ2) is 5.87. The number of hydrazine groups is 1. The molecule has 1 unspecified atom stereocenters. The van der Waals surface area contributed by atoms with Crippen LogP contribution in [0.25, 0.3) is 10.9 Å². The maximum atomic E-state index is 5.81. The number of nitrogens with one attached hydrogen (secondary N) is 1. The molecule has 1 atom stereocenters. The van der Waals surface area contributed by atoms with Crippen molar-refractivity contribution in [3.05, 3.63) is 41.6 Å². The maximum absolute atomic E-state index is 5.81. The standard InChI is InChI=1S/C16H23N3O/c1-5-20-16(3,4)15(19-17)13-8-9-14-12(10-13)7-6-11(2)18-14/h6-10,15,19H,5,17H2,1-4H3. The Hall–Kier alpha value is -1.49. The molecule has 20 heavy (non-hydrogen) atoms. The second-order valence-electron chi connectivity index (χ2n) is 5.54. The molecule has 2 rings (SSSR count). The minimum absolute atomic E-state index is 0.0758. The molecule has 0 spiro atoms. The third-order valence-electron chi connectivity index (χ3n) is 3.56. The van der Waals surface area contributed by atoms with Gasteiger partial charge in [-0.05, 0) is 51.5 Å². The zero-order chi connectivity index (χ0) is 14.8. The summed E-state index contributed by atoms with van der Waals surface area (Å²) in [5, 5.41) is 1.11. The van der Waals surface area contributed by atoms with Crippen molar-refractivity contribution in [2.24, 2.45) is 5.84 Å². The van der Waals surface area contributed by atoms with E-state index in [2.05, 4.69) is 28.6 Å². The van der Waals surface area contributed by atoms with E-state index >= 15 is 0 Å². The summed E-state index contributed by atoms with van der Waals surface area (Å²) in [6.07, 6.45) is 0. The summed E-state index contributed by atoms with van der Waals surface area (Å²) in [5.74, 6) is 5.74. The quantitative estimate of drug-likeness (QED) is 0.649. The van der Waals surface area contributed by atoms with Crippen LogP contribution in [0.5, 0.6) is 0 Å². The molecule has 3 N–H and O–H groups in total. The summed E-state index contributed by atoms with van der Waals surface area (Å²) in [6, 6.07) is 10.2. The Balaban J connectivity index is 2.42. The van der Waals surface area contributed by atoms with Crippen molar-refractivity contribution in [1.29, 1.82) is 0 Å². The van der Waals surface area contributed by atoms with Gasteiger partial charge < -0.3 is 4.74 Å². The Labute approximate surface area is 120 Å². The zero-order valence-electron chi connectivity index (χ0n) is 12.6. The van der Waals surface area contributed by atoms with Gasteiger partial charge in [0.1, 0.15) is 0 Å². The Kier molecular flexibility index (Phi) is 4.38. The third kappa shape index (κ3) is 2.98. The molecule has 0 radical (unpaired) electrons. The van der Waals surface area contributed by atoms with Crippen LogP contribution in [0, 0.1) is 6.92 Å². The number of hydrogen-bond acceptors (Lipinski definition) is 4. The summed E-state index contributed by atoms with van der Waals surface area (Å²) in [4.78, 5) is 4.52. The van der Waals surface area contributed by atoms with Crippen LogP contribution in [0.3, 0.4) is 0 Å². The van der Waals surface area contributed by atoms with Gasteiger partial charge in [0, 0.05) is 17.7 Å². The van der Waals surface area contributed by atoms with Crippen molar-refractivity contribution in [3.63, 3.8) is 0 Å². The monoisotopic (exact) mass is 273 g/mol. The van der Waals surface area contributed by atoms with Crippen molar-refractivity contribution in [1.82, 2.24) is 10.4 Å². The van der Waals surface area contributed by atoms with Crippen LogP contribution < -0.4 is 11.3 Å². The highest BCUT2D eigenvalue weighted by molar-refractivity contribution is 5.79. The van der Waals surface area contributed by atoms with Gasteiger partial charge in [-0.1, -0.05) is 12.1 Å². The summed E-state index contributed by atoms with van der Waals surface area (Å²) >= 11 is 0. The number of ether oxygens (including phenoxy) is 1. The van der Waals surface area contributed by atoms with Gasteiger partial charge in [0.05, 0.1) is 17.2 Å². The predicted molar refractivity (Wildman–Crippen MR) is 82.2 cm³/mol. The molecule has 108 valence electrons. The van der Waals surface area contributed by atoms with E-state index < -0.39 is 0 Å². The molecule has 4 nitrogen and oxygen atoms in total. The molecule has 0 amide bonds. The van der Waals surface area contributed by atoms with Crippen LogP contribution in [0.15, 0.2) is 30.3 Å². The van der Waals surface area contributed by atoms with E-state index in [1.54, 1.807) is 0 Å². The fraction of sp³-hybridized carbons (Fsp3) is 0.438. The summed E-state index contributed by atoms with van der Waals surface area (Å²) in [6.45, 7) is 8.72. The first kappa shape index (κ1) is 14.9. The number of nitrogens with zero attached hydrogens (tertiary/aromatic N) is 1. The van der Waals surface area contributed by atoms with E-state index in [0.717, 1.165) is 22.2 Å². The zero-order valence-corrected chi connectivity index (χ0v) is 12.6. The summed E-state index contributed by atoms with van der Waals surface area (Å²) < 4.78 is 5.81. The van der Waals surface area contributed by atoms with Crippen LogP contribution in [-0.2, 0) is 4.74 Å². The van der Waals surface area contributed by atoms with Crippen molar-refractivity contribution in [3.8, 4) is 0 Å². The molecule has 4 heteroatoms. The van der Waals surface area contributed by atoms with Gasteiger partial charge in [-0.25, -0.2) is 0 Å².